The maximum atomic E-state index is 12.4. The van der Waals surface area contributed by atoms with E-state index in [2.05, 4.69) is 20.6 Å². The van der Waals surface area contributed by atoms with Crippen LogP contribution in [0.5, 0.6) is 11.6 Å². The standard InChI is InChI=1S/C25H29ClN6O5/c26-21-17-8-14(7-15(17)10-29-23(21)36-13-25(27)4-5-25)9-28-6-3-16-11-32(24(34)37-16)19-2-1-18-22(30-19)31-20(33)12-35-18/h1-2,10,14,16,28H,3-9,11-13,27H2,(H,30,31,33). The highest BCUT2D eigenvalue weighted by Crippen LogP contribution is 2.38. The summed E-state index contributed by atoms with van der Waals surface area (Å²) in [5, 5.41) is 6.75. The minimum Gasteiger partial charge on any atom is -0.480 e. The van der Waals surface area contributed by atoms with E-state index in [4.69, 9.17) is 31.5 Å². The van der Waals surface area contributed by atoms with E-state index in [1.165, 1.54) is 4.90 Å². The van der Waals surface area contributed by atoms with E-state index < -0.39 is 6.09 Å². The Labute approximate surface area is 219 Å². The number of ether oxygens (including phenoxy) is 3. The van der Waals surface area contributed by atoms with Gasteiger partial charge in [0.25, 0.3) is 5.91 Å². The smallest absolute Gasteiger partial charge is 0.415 e. The van der Waals surface area contributed by atoms with Crippen LogP contribution < -0.4 is 30.7 Å². The summed E-state index contributed by atoms with van der Waals surface area (Å²) in [6, 6.07) is 3.38. The van der Waals surface area contributed by atoms with Crippen LogP contribution in [0, 0.1) is 5.92 Å². The minimum atomic E-state index is -0.450. The highest BCUT2D eigenvalue weighted by Gasteiger charge is 2.39. The van der Waals surface area contributed by atoms with Crippen LogP contribution in [0.1, 0.15) is 30.4 Å². The molecule has 0 radical (unpaired) electrons. The summed E-state index contributed by atoms with van der Waals surface area (Å²) in [6.45, 7) is 2.32. The van der Waals surface area contributed by atoms with Gasteiger partial charge in [0, 0.05) is 6.20 Å². The Bertz CT molecular complexity index is 1240. The molecule has 0 spiro atoms. The number of nitrogens with zero attached hydrogens (tertiary/aromatic N) is 3. The number of nitrogens with two attached hydrogens (primary N) is 1. The average Bonchev–Trinajstić information content (AvgIpc) is 3.29. The third-order valence-corrected chi connectivity index (χ3v) is 7.64. The number of carbonyl (C=O) groups is 2. The van der Waals surface area contributed by atoms with Crippen LogP contribution in [0.4, 0.5) is 16.4 Å². The first kappa shape index (κ1) is 24.2. The number of cyclic esters (lactones) is 1. The van der Waals surface area contributed by atoms with Crippen LogP contribution in [0.25, 0.3) is 0 Å². The fourth-order valence-corrected chi connectivity index (χ4v) is 5.21. The van der Waals surface area contributed by atoms with Crippen molar-refractivity contribution in [3.63, 3.8) is 0 Å². The molecule has 11 nitrogen and oxygen atoms in total. The molecule has 1 saturated heterocycles. The van der Waals surface area contributed by atoms with Gasteiger partial charge in [-0.2, -0.15) is 0 Å². The summed E-state index contributed by atoms with van der Waals surface area (Å²) in [5.74, 6) is 1.82. The number of carbonyl (C=O) groups excluding carboxylic acids is 2. The van der Waals surface area contributed by atoms with Crippen LogP contribution in [-0.4, -0.2) is 66.5 Å². The molecule has 12 heteroatoms. The van der Waals surface area contributed by atoms with Crippen molar-refractivity contribution in [3.05, 3.63) is 34.5 Å². The molecule has 4 heterocycles. The number of halogens is 1. The maximum absolute atomic E-state index is 12.4. The normalized spacial score (nSPS) is 23.1. The lowest BCUT2D eigenvalue weighted by molar-refractivity contribution is -0.118. The molecule has 6 rings (SSSR count). The molecule has 2 unspecified atom stereocenters. The molecular weight excluding hydrogens is 500 g/mol. The van der Waals surface area contributed by atoms with Gasteiger partial charge in [-0.05, 0) is 74.4 Å². The van der Waals surface area contributed by atoms with Gasteiger partial charge >= 0.3 is 6.09 Å². The van der Waals surface area contributed by atoms with Crippen LogP contribution >= 0.6 is 11.6 Å². The molecule has 2 aromatic rings. The largest absolute Gasteiger partial charge is 0.480 e. The van der Waals surface area contributed by atoms with Crippen molar-refractivity contribution in [3.8, 4) is 11.6 Å². The zero-order valence-corrected chi connectivity index (χ0v) is 21.1. The summed E-state index contributed by atoms with van der Waals surface area (Å²) >= 11 is 6.61. The van der Waals surface area contributed by atoms with Gasteiger partial charge in [0.15, 0.2) is 18.2 Å². The number of hydrogen-bond acceptors (Lipinski definition) is 9. The van der Waals surface area contributed by atoms with E-state index in [1.54, 1.807) is 12.1 Å². The molecule has 1 saturated carbocycles. The minimum absolute atomic E-state index is 0.0451. The summed E-state index contributed by atoms with van der Waals surface area (Å²) in [6.07, 6.45) is 5.56. The van der Waals surface area contributed by atoms with Crippen molar-refractivity contribution in [1.82, 2.24) is 15.3 Å². The molecule has 0 bridgehead atoms. The molecule has 196 valence electrons. The van der Waals surface area contributed by atoms with E-state index in [-0.39, 0.29) is 24.2 Å². The number of rotatable bonds is 9. The molecule has 4 aliphatic rings. The van der Waals surface area contributed by atoms with Crippen LogP contribution in [0.3, 0.4) is 0 Å². The van der Waals surface area contributed by atoms with Gasteiger partial charge in [0.05, 0.1) is 12.1 Å². The Morgan fingerprint density at radius 3 is 3.00 bits per heavy atom. The number of fused-ring (bicyclic) bond motifs is 2. The number of hydrogen-bond donors (Lipinski definition) is 3. The second-order valence-electron chi connectivity index (χ2n) is 10.3. The Balaban J connectivity index is 0.963. The summed E-state index contributed by atoms with van der Waals surface area (Å²) in [7, 11) is 0. The maximum Gasteiger partial charge on any atom is 0.415 e. The molecule has 2 fully saturated rings. The lowest BCUT2D eigenvalue weighted by atomic mass is 10.1. The van der Waals surface area contributed by atoms with E-state index in [1.807, 2.05) is 6.20 Å². The van der Waals surface area contributed by atoms with E-state index >= 15 is 0 Å². The topological polar surface area (TPSA) is 141 Å². The van der Waals surface area contributed by atoms with E-state index in [0.29, 0.717) is 60.3 Å². The zero-order valence-electron chi connectivity index (χ0n) is 20.3. The molecule has 4 N–H and O–H groups in total. The van der Waals surface area contributed by atoms with Crippen molar-refractivity contribution in [2.45, 2.75) is 43.7 Å². The zero-order chi connectivity index (χ0) is 25.6. The van der Waals surface area contributed by atoms with Gasteiger partial charge in [-0.15, -0.1) is 0 Å². The second-order valence-corrected chi connectivity index (χ2v) is 10.6. The first-order chi connectivity index (χ1) is 17.9. The second kappa shape index (κ2) is 9.62. The van der Waals surface area contributed by atoms with Crippen molar-refractivity contribution in [1.29, 1.82) is 0 Å². The molecule has 2 aliphatic heterocycles. The molecular formula is C25H29ClN6O5. The van der Waals surface area contributed by atoms with Crippen LogP contribution in [0.2, 0.25) is 5.02 Å². The fourth-order valence-electron chi connectivity index (χ4n) is 4.90. The Morgan fingerprint density at radius 2 is 2.16 bits per heavy atom. The van der Waals surface area contributed by atoms with Gasteiger partial charge in [-0.25, -0.2) is 14.8 Å². The van der Waals surface area contributed by atoms with Gasteiger partial charge in [-0.1, -0.05) is 11.6 Å². The van der Waals surface area contributed by atoms with Crippen LogP contribution in [0.15, 0.2) is 18.3 Å². The Morgan fingerprint density at radius 1 is 1.30 bits per heavy atom. The molecule has 0 aromatic carbocycles. The number of pyridine rings is 2. The first-order valence-corrected chi connectivity index (χ1v) is 13.0. The number of anilines is 2. The highest BCUT2D eigenvalue weighted by atomic mass is 35.5. The summed E-state index contributed by atoms with van der Waals surface area (Å²) in [4.78, 5) is 34.3. The third kappa shape index (κ3) is 5.16. The lowest BCUT2D eigenvalue weighted by Gasteiger charge is -2.19. The van der Waals surface area contributed by atoms with Crippen molar-refractivity contribution in [2.24, 2.45) is 11.7 Å². The van der Waals surface area contributed by atoms with Gasteiger partial charge in [0.2, 0.25) is 5.88 Å². The molecule has 2 atom stereocenters. The van der Waals surface area contributed by atoms with Crippen LogP contribution in [-0.2, 0) is 22.4 Å². The Kier molecular flexibility index (Phi) is 6.29. The van der Waals surface area contributed by atoms with E-state index in [9.17, 15) is 9.59 Å². The Hall–Kier alpha value is -3.15. The highest BCUT2D eigenvalue weighted by molar-refractivity contribution is 6.32. The predicted octanol–water partition coefficient (Wildman–Crippen LogP) is 2.05. The number of amides is 2. The van der Waals surface area contributed by atoms with Crippen molar-refractivity contribution < 1.29 is 23.8 Å². The lowest BCUT2D eigenvalue weighted by Crippen LogP contribution is -2.30. The van der Waals surface area contributed by atoms with Gasteiger partial charge < -0.3 is 30.6 Å². The quantitative estimate of drug-likeness (QED) is 0.417. The van der Waals surface area contributed by atoms with Gasteiger partial charge in [-0.3, -0.25) is 9.69 Å². The van der Waals surface area contributed by atoms with Crippen molar-refractivity contribution >= 4 is 35.2 Å². The number of aromatic nitrogens is 2. The summed E-state index contributed by atoms with van der Waals surface area (Å²) < 4.78 is 16.7. The molecule has 2 aromatic heterocycles. The van der Waals surface area contributed by atoms with Crippen molar-refractivity contribution in [2.75, 3.05) is 43.1 Å². The molecule has 37 heavy (non-hydrogen) atoms. The van der Waals surface area contributed by atoms with E-state index in [0.717, 1.165) is 43.4 Å². The monoisotopic (exact) mass is 528 g/mol. The first-order valence-electron chi connectivity index (χ1n) is 12.6. The predicted molar refractivity (Wildman–Crippen MR) is 135 cm³/mol. The summed E-state index contributed by atoms with van der Waals surface area (Å²) in [5.41, 5.74) is 8.17. The fraction of sp³-hybridized carbons (Fsp3) is 0.520. The molecule has 2 amide bonds. The SMILES string of the molecule is NC1(COc2ncc3c(c2Cl)CC(CNCCC2CN(c4ccc5c(n4)NC(=O)CO5)C(=O)O2)C3)CC1. The average molecular weight is 529 g/mol. The third-order valence-electron chi connectivity index (χ3n) is 7.25. The van der Waals surface area contributed by atoms with Gasteiger partial charge in [0.1, 0.15) is 23.6 Å². The molecule has 2 aliphatic carbocycles. The number of nitrogens with one attached hydrogen (secondary N) is 2.